The lowest BCUT2D eigenvalue weighted by atomic mass is 9.93. The normalized spacial score (nSPS) is 18.1. The van der Waals surface area contributed by atoms with Gasteiger partial charge in [0.2, 0.25) is 0 Å². The van der Waals surface area contributed by atoms with Gasteiger partial charge in [0.15, 0.2) is 0 Å². The zero-order valence-corrected chi connectivity index (χ0v) is 13.3. The van der Waals surface area contributed by atoms with E-state index in [2.05, 4.69) is 0 Å². The molecule has 0 saturated carbocycles. The quantitative estimate of drug-likeness (QED) is 0.790. The highest BCUT2D eigenvalue weighted by Crippen LogP contribution is 2.31. The van der Waals surface area contributed by atoms with Crippen LogP contribution in [0.3, 0.4) is 0 Å². The highest BCUT2D eigenvalue weighted by Gasteiger charge is 2.45. The number of carbonyl (C=O) groups is 1. The third kappa shape index (κ3) is 4.09. The van der Waals surface area contributed by atoms with E-state index in [4.69, 9.17) is 4.74 Å². The number of rotatable bonds is 3. The molecule has 1 aromatic carbocycles. The van der Waals surface area contributed by atoms with Gasteiger partial charge in [-0.25, -0.2) is 0 Å². The van der Waals surface area contributed by atoms with Gasteiger partial charge in [-0.3, -0.25) is 4.79 Å². The fourth-order valence-corrected chi connectivity index (χ4v) is 2.80. The summed E-state index contributed by atoms with van der Waals surface area (Å²) in [5.74, 6) is -1.07. The van der Waals surface area contributed by atoms with Crippen molar-refractivity contribution in [2.24, 2.45) is 0 Å². The summed E-state index contributed by atoms with van der Waals surface area (Å²) in [6.45, 7) is 1.97. The molecule has 0 aromatic heterocycles. The highest BCUT2D eigenvalue weighted by atomic mass is 32.2. The summed E-state index contributed by atoms with van der Waals surface area (Å²) >= 11 is 1.62. The molecule has 0 aliphatic carbocycles. The molecule has 0 unspecified atom stereocenters. The van der Waals surface area contributed by atoms with Crippen molar-refractivity contribution in [2.45, 2.75) is 36.4 Å². The van der Waals surface area contributed by atoms with Crippen LogP contribution in [0.25, 0.3) is 0 Å². The standard InChI is InChI=1S/C15H18F3NO2S/c1-14(21-11-3-5-12(22-2)6-4-11)7-9-19(10-8-14)13(20)15(16,17)18/h3-6H,7-10H2,1-2H3. The van der Waals surface area contributed by atoms with E-state index >= 15 is 0 Å². The molecule has 0 atom stereocenters. The first-order valence-electron chi connectivity index (χ1n) is 6.93. The van der Waals surface area contributed by atoms with Crippen molar-refractivity contribution in [2.75, 3.05) is 19.3 Å². The largest absolute Gasteiger partial charge is 0.487 e. The molecule has 0 N–H and O–H groups in total. The van der Waals surface area contributed by atoms with Gasteiger partial charge in [-0.05, 0) is 37.4 Å². The minimum atomic E-state index is -4.80. The molecule has 1 amide bonds. The third-order valence-electron chi connectivity index (χ3n) is 3.77. The van der Waals surface area contributed by atoms with Gasteiger partial charge in [-0.15, -0.1) is 11.8 Å². The lowest BCUT2D eigenvalue weighted by Gasteiger charge is -2.39. The van der Waals surface area contributed by atoms with Crippen LogP contribution in [0.1, 0.15) is 19.8 Å². The average Bonchev–Trinajstić information content (AvgIpc) is 2.47. The van der Waals surface area contributed by atoms with E-state index in [0.717, 1.165) is 9.80 Å². The number of nitrogens with zero attached hydrogens (tertiary/aromatic N) is 1. The van der Waals surface area contributed by atoms with Crippen LogP contribution in [0.5, 0.6) is 5.75 Å². The van der Waals surface area contributed by atoms with Crippen LogP contribution in [0, 0.1) is 0 Å². The first-order chi connectivity index (χ1) is 10.2. The molecule has 1 fully saturated rings. The first-order valence-corrected chi connectivity index (χ1v) is 8.15. The monoisotopic (exact) mass is 333 g/mol. The van der Waals surface area contributed by atoms with E-state index in [9.17, 15) is 18.0 Å². The molecule has 0 bridgehead atoms. The van der Waals surface area contributed by atoms with E-state index in [1.807, 2.05) is 37.4 Å². The molecule has 3 nitrogen and oxygen atoms in total. The van der Waals surface area contributed by atoms with Crippen LogP contribution in [0.15, 0.2) is 29.2 Å². The Hall–Kier alpha value is -1.37. The van der Waals surface area contributed by atoms with Crippen molar-refractivity contribution in [1.82, 2.24) is 4.90 Å². The maximum absolute atomic E-state index is 12.4. The number of hydrogen-bond donors (Lipinski definition) is 0. The van der Waals surface area contributed by atoms with Gasteiger partial charge in [0.05, 0.1) is 0 Å². The summed E-state index contributed by atoms with van der Waals surface area (Å²) in [7, 11) is 0. The van der Waals surface area contributed by atoms with Crippen LogP contribution in [-0.4, -0.2) is 41.9 Å². The fraction of sp³-hybridized carbons (Fsp3) is 0.533. The predicted molar refractivity (Wildman–Crippen MR) is 79.1 cm³/mol. The van der Waals surface area contributed by atoms with Crippen molar-refractivity contribution in [3.8, 4) is 5.75 Å². The van der Waals surface area contributed by atoms with Crippen LogP contribution < -0.4 is 4.74 Å². The van der Waals surface area contributed by atoms with E-state index < -0.39 is 17.7 Å². The maximum atomic E-state index is 12.4. The Bertz CT molecular complexity index is 523. The van der Waals surface area contributed by atoms with Gasteiger partial charge < -0.3 is 9.64 Å². The van der Waals surface area contributed by atoms with Crippen molar-refractivity contribution < 1.29 is 22.7 Å². The Morgan fingerprint density at radius 1 is 1.23 bits per heavy atom. The van der Waals surface area contributed by atoms with Gasteiger partial charge >= 0.3 is 12.1 Å². The molecule has 1 saturated heterocycles. The number of likely N-dealkylation sites (tertiary alicyclic amines) is 1. The molecule has 1 aliphatic rings. The summed E-state index contributed by atoms with van der Waals surface area (Å²) in [5.41, 5.74) is -0.552. The molecule has 1 aromatic rings. The second kappa shape index (κ2) is 6.40. The fourth-order valence-electron chi connectivity index (χ4n) is 2.39. The topological polar surface area (TPSA) is 29.5 Å². The van der Waals surface area contributed by atoms with Crippen LogP contribution in [0.2, 0.25) is 0 Å². The Labute approximate surface area is 131 Å². The average molecular weight is 333 g/mol. The Kier molecular flexibility index (Phi) is 4.94. The SMILES string of the molecule is CSc1ccc(OC2(C)CCN(C(=O)C(F)(F)F)CC2)cc1. The van der Waals surface area contributed by atoms with Crippen LogP contribution in [-0.2, 0) is 4.79 Å². The summed E-state index contributed by atoms with van der Waals surface area (Å²) < 4.78 is 43.2. The van der Waals surface area contributed by atoms with Gasteiger partial charge in [0, 0.05) is 30.8 Å². The smallest absolute Gasteiger partial charge is 0.471 e. The minimum absolute atomic E-state index is 0.0533. The van der Waals surface area contributed by atoms with Gasteiger partial charge in [-0.1, -0.05) is 0 Å². The van der Waals surface area contributed by atoms with Crippen molar-refractivity contribution in [1.29, 1.82) is 0 Å². The minimum Gasteiger partial charge on any atom is -0.487 e. The molecule has 2 rings (SSSR count). The molecule has 7 heteroatoms. The van der Waals surface area contributed by atoms with E-state index in [1.165, 1.54) is 0 Å². The van der Waals surface area contributed by atoms with Gasteiger partial charge in [0.1, 0.15) is 11.4 Å². The summed E-state index contributed by atoms with van der Waals surface area (Å²) in [6.07, 6.45) is -2.08. The lowest BCUT2D eigenvalue weighted by molar-refractivity contribution is -0.188. The number of ether oxygens (including phenoxy) is 1. The molecular weight excluding hydrogens is 315 g/mol. The molecular formula is C15H18F3NO2S. The number of piperidine rings is 1. The summed E-state index contributed by atoms with van der Waals surface area (Å²) in [4.78, 5) is 13.2. The van der Waals surface area contributed by atoms with Crippen molar-refractivity contribution in [3.63, 3.8) is 0 Å². The molecule has 122 valence electrons. The Morgan fingerprint density at radius 3 is 2.23 bits per heavy atom. The molecule has 22 heavy (non-hydrogen) atoms. The molecule has 0 radical (unpaired) electrons. The van der Waals surface area contributed by atoms with E-state index in [0.29, 0.717) is 18.6 Å². The summed E-state index contributed by atoms with van der Waals surface area (Å²) in [6, 6.07) is 7.58. The number of amides is 1. The van der Waals surface area contributed by atoms with Crippen molar-refractivity contribution >= 4 is 17.7 Å². The number of hydrogen-bond acceptors (Lipinski definition) is 3. The Morgan fingerprint density at radius 2 is 1.77 bits per heavy atom. The second-order valence-corrected chi connectivity index (χ2v) is 6.40. The second-order valence-electron chi connectivity index (χ2n) is 5.52. The number of alkyl halides is 3. The maximum Gasteiger partial charge on any atom is 0.471 e. The zero-order valence-electron chi connectivity index (χ0n) is 12.4. The zero-order chi connectivity index (χ0) is 16.4. The predicted octanol–water partition coefficient (Wildman–Crippen LogP) is 3.73. The van der Waals surface area contributed by atoms with Crippen LogP contribution >= 0.6 is 11.8 Å². The van der Waals surface area contributed by atoms with Crippen molar-refractivity contribution in [3.05, 3.63) is 24.3 Å². The first kappa shape index (κ1) is 17.0. The van der Waals surface area contributed by atoms with Gasteiger partial charge in [-0.2, -0.15) is 13.2 Å². The summed E-state index contributed by atoms with van der Waals surface area (Å²) in [5, 5.41) is 0. The molecule has 1 heterocycles. The van der Waals surface area contributed by atoms with E-state index in [-0.39, 0.29) is 13.1 Å². The molecule has 1 aliphatic heterocycles. The number of carbonyl (C=O) groups excluding carboxylic acids is 1. The van der Waals surface area contributed by atoms with E-state index in [1.54, 1.807) is 11.8 Å². The highest BCUT2D eigenvalue weighted by molar-refractivity contribution is 7.98. The third-order valence-corrected chi connectivity index (χ3v) is 4.52. The number of halogens is 3. The Balaban J connectivity index is 1.95. The molecule has 0 spiro atoms. The van der Waals surface area contributed by atoms with Gasteiger partial charge in [0.25, 0.3) is 0 Å². The van der Waals surface area contributed by atoms with Crippen LogP contribution in [0.4, 0.5) is 13.2 Å². The lowest BCUT2D eigenvalue weighted by Crippen LogP contribution is -2.51. The number of thioether (sulfide) groups is 1. The number of benzene rings is 1.